The lowest BCUT2D eigenvalue weighted by atomic mass is 10.0. The molecule has 0 radical (unpaired) electrons. The Kier molecular flexibility index (Phi) is 3.68. The van der Waals surface area contributed by atoms with Gasteiger partial charge in [0.15, 0.2) is 23.3 Å². The van der Waals surface area contributed by atoms with Gasteiger partial charge >= 0.3 is 0 Å². The van der Waals surface area contributed by atoms with Crippen molar-refractivity contribution in [3.05, 3.63) is 34.9 Å². The summed E-state index contributed by atoms with van der Waals surface area (Å²) in [5.41, 5.74) is 4.72. The van der Waals surface area contributed by atoms with Crippen LogP contribution >= 0.6 is 0 Å². The van der Waals surface area contributed by atoms with Gasteiger partial charge in [0.2, 0.25) is 0 Å². The van der Waals surface area contributed by atoms with Crippen LogP contribution in [0.4, 0.5) is 17.6 Å². The Morgan fingerprint density at radius 1 is 1.13 bits per heavy atom. The van der Waals surface area contributed by atoms with Crippen molar-refractivity contribution in [1.82, 2.24) is 0 Å². The molecule has 0 aliphatic carbocycles. The summed E-state index contributed by atoms with van der Waals surface area (Å²) in [5.74, 6) is -5.66. The molecule has 1 rings (SSSR count). The zero-order valence-corrected chi connectivity index (χ0v) is 8.16. The lowest BCUT2D eigenvalue weighted by molar-refractivity contribution is 0.421. The molecule has 0 bridgehead atoms. The first-order valence-electron chi connectivity index (χ1n) is 4.57. The van der Waals surface area contributed by atoms with Gasteiger partial charge in [-0.25, -0.2) is 17.6 Å². The molecule has 1 aromatic rings. The zero-order chi connectivity index (χ0) is 11.6. The highest BCUT2D eigenvalue weighted by Crippen LogP contribution is 2.26. The molecule has 0 fully saturated rings. The number of rotatable bonds is 3. The summed E-state index contributed by atoms with van der Waals surface area (Å²) in [6.45, 7) is 1.76. The Labute approximate surface area is 84.9 Å². The van der Waals surface area contributed by atoms with Crippen LogP contribution < -0.4 is 5.73 Å². The second kappa shape index (κ2) is 4.61. The van der Waals surface area contributed by atoms with Crippen LogP contribution in [0, 0.1) is 23.3 Å². The molecule has 0 unspecified atom stereocenters. The summed E-state index contributed by atoms with van der Waals surface area (Å²) in [7, 11) is 0. The molecule has 84 valence electrons. The zero-order valence-electron chi connectivity index (χ0n) is 8.16. The molecular formula is C10H11F4N. The van der Waals surface area contributed by atoms with Gasteiger partial charge in [-0.15, -0.1) is 0 Å². The average Bonchev–Trinajstić information content (AvgIpc) is 2.16. The summed E-state index contributed by atoms with van der Waals surface area (Å²) in [6, 6.07) is -0.854. The Bertz CT molecular complexity index is 339. The number of benzene rings is 1. The minimum absolute atomic E-state index is 0.173. The maximum Gasteiger partial charge on any atom is 0.166 e. The number of hydrogen-bond donors (Lipinski definition) is 1. The average molecular weight is 221 g/mol. The van der Waals surface area contributed by atoms with Crippen LogP contribution in [-0.2, 0) is 0 Å². The van der Waals surface area contributed by atoms with Gasteiger partial charge in [-0.1, -0.05) is 13.3 Å². The third kappa shape index (κ3) is 2.28. The standard InChI is InChI=1S/C10H11F4N/c1-2-3-7(15)8-9(13)5(11)4-6(12)10(8)14/h4,7H,2-3,15H2,1H3/t7-/m0/s1. The Morgan fingerprint density at radius 2 is 1.60 bits per heavy atom. The van der Waals surface area contributed by atoms with Crippen molar-refractivity contribution in [2.75, 3.05) is 0 Å². The van der Waals surface area contributed by atoms with E-state index in [0.29, 0.717) is 6.42 Å². The van der Waals surface area contributed by atoms with Crippen LogP contribution in [0.1, 0.15) is 31.4 Å². The van der Waals surface area contributed by atoms with Gasteiger partial charge in [-0.2, -0.15) is 0 Å². The molecule has 0 aliphatic rings. The second-order valence-electron chi connectivity index (χ2n) is 3.28. The largest absolute Gasteiger partial charge is 0.324 e. The van der Waals surface area contributed by atoms with E-state index in [1.807, 2.05) is 0 Å². The Hall–Kier alpha value is -1.10. The van der Waals surface area contributed by atoms with Crippen LogP contribution in [0.2, 0.25) is 0 Å². The van der Waals surface area contributed by atoms with Crippen LogP contribution in [0.5, 0.6) is 0 Å². The molecule has 2 N–H and O–H groups in total. The summed E-state index contributed by atoms with van der Waals surface area (Å²) in [4.78, 5) is 0. The topological polar surface area (TPSA) is 26.0 Å². The van der Waals surface area contributed by atoms with Crippen LogP contribution in [0.25, 0.3) is 0 Å². The van der Waals surface area contributed by atoms with E-state index in [9.17, 15) is 17.6 Å². The smallest absolute Gasteiger partial charge is 0.166 e. The van der Waals surface area contributed by atoms with E-state index < -0.39 is 34.9 Å². The lowest BCUT2D eigenvalue weighted by Crippen LogP contribution is -2.16. The van der Waals surface area contributed by atoms with E-state index in [1.54, 1.807) is 6.92 Å². The maximum absolute atomic E-state index is 13.2. The van der Waals surface area contributed by atoms with Crippen LogP contribution in [-0.4, -0.2) is 0 Å². The minimum atomic E-state index is -1.42. The molecule has 0 spiro atoms. The third-order valence-corrected chi connectivity index (χ3v) is 2.12. The SMILES string of the molecule is CCC[C@H](N)c1c(F)c(F)cc(F)c1F. The second-order valence-corrected chi connectivity index (χ2v) is 3.28. The summed E-state index contributed by atoms with van der Waals surface area (Å²) in [5, 5.41) is 0. The fraction of sp³-hybridized carbons (Fsp3) is 0.400. The van der Waals surface area contributed by atoms with Crippen molar-refractivity contribution in [2.24, 2.45) is 5.73 Å². The van der Waals surface area contributed by atoms with Crippen LogP contribution in [0.15, 0.2) is 6.07 Å². The number of nitrogens with two attached hydrogens (primary N) is 1. The van der Waals surface area contributed by atoms with E-state index in [1.165, 1.54) is 0 Å². The molecule has 1 atom stereocenters. The molecule has 0 heterocycles. The van der Waals surface area contributed by atoms with E-state index >= 15 is 0 Å². The highest BCUT2D eigenvalue weighted by molar-refractivity contribution is 5.25. The summed E-state index contributed by atoms with van der Waals surface area (Å²) < 4.78 is 51.9. The lowest BCUT2D eigenvalue weighted by Gasteiger charge is -2.13. The molecule has 0 saturated carbocycles. The molecular weight excluding hydrogens is 210 g/mol. The molecule has 15 heavy (non-hydrogen) atoms. The first-order valence-corrected chi connectivity index (χ1v) is 4.57. The van der Waals surface area contributed by atoms with E-state index in [-0.39, 0.29) is 12.5 Å². The van der Waals surface area contributed by atoms with E-state index in [4.69, 9.17) is 5.73 Å². The van der Waals surface area contributed by atoms with E-state index in [2.05, 4.69) is 0 Å². The van der Waals surface area contributed by atoms with Crippen molar-refractivity contribution >= 4 is 0 Å². The van der Waals surface area contributed by atoms with Gasteiger partial charge in [-0.3, -0.25) is 0 Å². The van der Waals surface area contributed by atoms with Crippen molar-refractivity contribution in [3.63, 3.8) is 0 Å². The fourth-order valence-electron chi connectivity index (χ4n) is 1.37. The maximum atomic E-state index is 13.2. The summed E-state index contributed by atoms with van der Waals surface area (Å²) >= 11 is 0. The number of halogens is 4. The fourth-order valence-corrected chi connectivity index (χ4v) is 1.37. The quantitative estimate of drug-likeness (QED) is 0.616. The molecule has 1 aromatic carbocycles. The normalized spacial score (nSPS) is 12.9. The van der Waals surface area contributed by atoms with Gasteiger partial charge in [0.05, 0.1) is 0 Å². The van der Waals surface area contributed by atoms with Gasteiger partial charge in [0.25, 0.3) is 0 Å². The molecule has 0 aliphatic heterocycles. The Balaban J connectivity index is 3.26. The van der Waals surface area contributed by atoms with Crippen molar-refractivity contribution in [1.29, 1.82) is 0 Å². The first kappa shape index (κ1) is 12.0. The predicted octanol–water partition coefficient (Wildman–Crippen LogP) is 3.04. The highest BCUT2D eigenvalue weighted by Gasteiger charge is 2.23. The molecule has 0 aromatic heterocycles. The van der Waals surface area contributed by atoms with Crippen molar-refractivity contribution in [2.45, 2.75) is 25.8 Å². The van der Waals surface area contributed by atoms with Gasteiger partial charge < -0.3 is 5.73 Å². The molecule has 0 saturated heterocycles. The van der Waals surface area contributed by atoms with E-state index in [0.717, 1.165) is 0 Å². The van der Waals surface area contributed by atoms with Crippen LogP contribution in [0.3, 0.4) is 0 Å². The monoisotopic (exact) mass is 221 g/mol. The molecule has 1 nitrogen and oxygen atoms in total. The Morgan fingerprint density at radius 3 is 2.00 bits per heavy atom. The number of hydrogen-bond acceptors (Lipinski definition) is 1. The highest BCUT2D eigenvalue weighted by atomic mass is 19.2. The first-order chi connectivity index (χ1) is 6.99. The summed E-state index contributed by atoms with van der Waals surface area (Å²) in [6.07, 6.45) is 0.828. The molecule has 0 amide bonds. The minimum Gasteiger partial charge on any atom is -0.324 e. The van der Waals surface area contributed by atoms with Gasteiger partial charge in [-0.05, 0) is 6.42 Å². The molecule has 5 heteroatoms. The van der Waals surface area contributed by atoms with Gasteiger partial charge in [0.1, 0.15) is 0 Å². The van der Waals surface area contributed by atoms with Gasteiger partial charge in [0, 0.05) is 17.7 Å². The van der Waals surface area contributed by atoms with Crippen molar-refractivity contribution in [3.8, 4) is 0 Å². The predicted molar refractivity (Wildman–Crippen MR) is 48.1 cm³/mol. The van der Waals surface area contributed by atoms with Crippen molar-refractivity contribution < 1.29 is 17.6 Å². The third-order valence-electron chi connectivity index (χ3n) is 2.12.